The van der Waals surface area contributed by atoms with E-state index in [4.69, 9.17) is 5.26 Å². The molecule has 2 fully saturated rings. The van der Waals surface area contributed by atoms with Crippen molar-refractivity contribution < 1.29 is 4.79 Å². The van der Waals surface area contributed by atoms with Crippen molar-refractivity contribution in [3.63, 3.8) is 0 Å². The number of urea groups is 1. The first-order chi connectivity index (χ1) is 6.74. The second kappa shape index (κ2) is 3.49. The lowest BCUT2D eigenvalue weighted by Gasteiger charge is -2.34. The van der Waals surface area contributed by atoms with E-state index in [1.54, 1.807) is 9.80 Å². The fourth-order valence-corrected chi connectivity index (χ4v) is 2.30. The highest BCUT2D eigenvalue weighted by Crippen LogP contribution is 2.34. The average Bonchev–Trinajstić information content (AvgIpc) is 2.32. The van der Waals surface area contributed by atoms with Crippen molar-refractivity contribution in [1.82, 2.24) is 9.80 Å². The number of amides is 2. The molecule has 0 aromatic rings. The van der Waals surface area contributed by atoms with Gasteiger partial charge in [0.15, 0.2) is 0 Å². The van der Waals surface area contributed by atoms with Gasteiger partial charge in [0.25, 0.3) is 0 Å². The van der Waals surface area contributed by atoms with Gasteiger partial charge in [-0.2, -0.15) is 5.26 Å². The highest BCUT2D eigenvalue weighted by Gasteiger charge is 2.40. The van der Waals surface area contributed by atoms with Gasteiger partial charge in [0.2, 0.25) is 0 Å². The molecular weight excluding hydrogens is 178 g/mol. The highest BCUT2D eigenvalue weighted by atomic mass is 16.2. The number of hydrogen-bond donors (Lipinski definition) is 0. The van der Waals surface area contributed by atoms with E-state index in [1.807, 2.05) is 13.1 Å². The summed E-state index contributed by atoms with van der Waals surface area (Å²) >= 11 is 0. The predicted molar refractivity (Wildman–Crippen MR) is 51.5 cm³/mol. The van der Waals surface area contributed by atoms with Gasteiger partial charge in [0.1, 0.15) is 6.54 Å². The third-order valence-electron chi connectivity index (χ3n) is 3.43. The van der Waals surface area contributed by atoms with Crippen LogP contribution in [0, 0.1) is 17.2 Å². The largest absolute Gasteiger partial charge is 0.323 e. The second-order valence-electron chi connectivity index (χ2n) is 4.19. The maximum atomic E-state index is 11.7. The van der Waals surface area contributed by atoms with E-state index in [2.05, 4.69) is 0 Å². The zero-order chi connectivity index (χ0) is 10.1. The van der Waals surface area contributed by atoms with Gasteiger partial charge in [-0.1, -0.05) is 6.42 Å². The van der Waals surface area contributed by atoms with Crippen molar-refractivity contribution in [3.05, 3.63) is 0 Å². The molecule has 0 N–H and O–H groups in total. The lowest BCUT2D eigenvalue weighted by atomic mass is 9.79. The topological polar surface area (TPSA) is 47.3 Å². The van der Waals surface area contributed by atoms with Gasteiger partial charge >= 0.3 is 6.03 Å². The van der Waals surface area contributed by atoms with E-state index in [0.717, 1.165) is 6.54 Å². The molecule has 1 aliphatic carbocycles. The molecule has 1 heterocycles. The first-order valence-electron chi connectivity index (χ1n) is 5.12. The Kier molecular flexibility index (Phi) is 2.32. The van der Waals surface area contributed by atoms with Gasteiger partial charge < -0.3 is 9.80 Å². The number of rotatable bonds is 2. The molecule has 0 aromatic heterocycles. The van der Waals surface area contributed by atoms with Crippen molar-refractivity contribution in [1.29, 1.82) is 5.26 Å². The van der Waals surface area contributed by atoms with Crippen LogP contribution in [0.5, 0.6) is 0 Å². The van der Waals surface area contributed by atoms with Crippen molar-refractivity contribution in [2.45, 2.75) is 25.3 Å². The van der Waals surface area contributed by atoms with Crippen LogP contribution in [0.3, 0.4) is 0 Å². The number of likely N-dealkylation sites (N-methyl/N-ethyl adjacent to an activating group) is 1. The Balaban J connectivity index is 2.01. The molecule has 1 unspecified atom stereocenters. The van der Waals surface area contributed by atoms with Gasteiger partial charge in [-0.15, -0.1) is 0 Å². The molecule has 4 heteroatoms. The summed E-state index contributed by atoms with van der Waals surface area (Å²) < 4.78 is 0. The Labute approximate surface area is 84.1 Å². The average molecular weight is 193 g/mol. The van der Waals surface area contributed by atoms with Gasteiger partial charge in [-0.05, 0) is 18.8 Å². The van der Waals surface area contributed by atoms with E-state index in [9.17, 15) is 4.79 Å². The molecule has 0 spiro atoms. The van der Waals surface area contributed by atoms with E-state index in [-0.39, 0.29) is 12.6 Å². The molecule has 2 aliphatic rings. The van der Waals surface area contributed by atoms with E-state index >= 15 is 0 Å². The maximum Gasteiger partial charge on any atom is 0.320 e. The predicted octanol–water partition coefficient (Wildman–Crippen LogP) is 1.05. The zero-order valence-corrected chi connectivity index (χ0v) is 8.44. The Morgan fingerprint density at radius 3 is 2.79 bits per heavy atom. The van der Waals surface area contributed by atoms with Crippen LogP contribution in [0.2, 0.25) is 0 Å². The molecule has 1 saturated carbocycles. The number of nitriles is 1. The molecule has 0 aromatic carbocycles. The quantitative estimate of drug-likeness (QED) is 0.615. The Morgan fingerprint density at radius 1 is 1.57 bits per heavy atom. The van der Waals surface area contributed by atoms with Crippen LogP contribution in [0.1, 0.15) is 19.3 Å². The summed E-state index contributed by atoms with van der Waals surface area (Å²) in [6, 6.07) is 2.40. The van der Waals surface area contributed by atoms with Gasteiger partial charge in [0.05, 0.1) is 12.1 Å². The molecule has 0 radical (unpaired) electrons. The molecule has 1 atom stereocenters. The molecule has 14 heavy (non-hydrogen) atoms. The summed E-state index contributed by atoms with van der Waals surface area (Å²) in [4.78, 5) is 15.1. The fourth-order valence-electron chi connectivity index (χ4n) is 2.30. The van der Waals surface area contributed by atoms with Crippen LogP contribution in [0.4, 0.5) is 4.79 Å². The number of carbonyl (C=O) groups is 1. The Morgan fingerprint density at radius 2 is 2.29 bits per heavy atom. The maximum absolute atomic E-state index is 11.7. The van der Waals surface area contributed by atoms with Crippen LogP contribution < -0.4 is 0 Å². The summed E-state index contributed by atoms with van der Waals surface area (Å²) in [5, 5.41) is 8.56. The SMILES string of the molecule is CN1C(=O)N(CC#N)CC1C1CCC1. The Bertz CT molecular complexity index is 280. The fraction of sp³-hybridized carbons (Fsp3) is 0.800. The monoisotopic (exact) mass is 193 g/mol. The minimum absolute atomic E-state index is 0.0171. The third-order valence-corrected chi connectivity index (χ3v) is 3.43. The Hall–Kier alpha value is -1.24. The normalized spacial score (nSPS) is 27.7. The van der Waals surface area contributed by atoms with E-state index < -0.39 is 0 Å². The van der Waals surface area contributed by atoms with Crippen LogP contribution in [-0.2, 0) is 0 Å². The van der Waals surface area contributed by atoms with E-state index in [1.165, 1.54) is 19.3 Å². The van der Waals surface area contributed by atoms with Crippen LogP contribution in [-0.4, -0.2) is 42.0 Å². The number of carbonyl (C=O) groups excluding carboxylic acids is 1. The molecule has 0 bridgehead atoms. The lowest BCUT2D eigenvalue weighted by molar-refractivity contribution is 0.164. The van der Waals surface area contributed by atoms with Crippen LogP contribution >= 0.6 is 0 Å². The van der Waals surface area contributed by atoms with Crippen molar-refractivity contribution in [3.8, 4) is 6.07 Å². The number of nitrogens with zero attached hydrogens (tertiary/aromatic N) is 3. The summed E-state index contributed by atoms with van der Waals surface area (Å²) in [5.74, 6) is 0.674. The summed E-state index contributed by atoms with van der Waals surface area (Å²) in [5.41, 5.74) is 0. The zero-order valence-electron chi connectivity index (χ0n) is 8.44. The minimum atomic E-state index is 0.0171. The number of hydrogen-bond acceptors (Lipinski definition) is 2. The smallest absolute Gasteiger partial charge is 0.320 e. The van der Waals surface area contributed by atoms with Crippen LogP contribution in [0.25, 0.3) is 0 Å². The third kappa shape index (κ3) is 1.33. The second-order valence-corrected chi connectivity index (χ2v) is 4.19. The summed E-state index contributed by atoms with van der Waals surface area (Å²) in [6.45, 7) is 0.972. The van der Waals surface area contributed by atoms with Crippen molar-refractivity contribution >= 4 is 6.03 Å². The highest BCUT2D eigenvalue weighted by molar-refractivity contribution is 5.77. The van der Waals surface area contributed by atoms with Crippen LogP contribution in [0.15, 0.2) is 0 Å². The lowest BCUT2D eigenvalue weighted by Crippen LogP contribution is -2.39. The molecule has 1 saturated heterocycles. The summed E-state index contributed by atoms with van der Waals surface area (Å²) in [6.07, 6.45) is 3.77. The van der Waals surface area contributed by atoms with Gasteiger partial charge in [-0.3, -0.25) is 0 Å². The molecule has 1 aliphatic heterocycles. The molecule has 76 valence electrons. The minimum Gasteiger partial charge on any atom is -0.323 e. The summed E-state index contributed by atoms with van der Waals surface area (Å²) in [7, 11) is 1.85. The first kappa shape index (κ1) is 9.32. The standard InChI is InChI=1S/C10H15N3O/c1-12-9(8-3-2-4-8)7-13(6-5-11)10(12)14/h8-9H,2-4,6-7H2,1H3. The molecule has 2 rings (SSSR count). The van der Waals surface area contributed by atoms with Gasteiger partial charge in [-0.25, -0.2) is 4.79 Å². The van der Waals surface area contributed by atoms with E-state index in [0.29, 0.717) is 12.0 Å². The molecular formula is C10H15N3O. The molecule has 2 amide bonds. The van der Waals surface area contributed by atoms with Crippen molar-refractivity contribution in [2.75, 3.05) is 20.1 Å². The molecule has 4 nitrogen and oxygen atoms in total. The van der Waals surface area contributed by atoms with Crippen molar-refractivity contribution in [2.24, 2.45) is 5.92 Å². The first-order valence-corrected chi connectivity index (χ1v) is 5.12. The van der Waals surface area contributed by atoms with Gasteiger partial charge in [0, 0.05) is 13.6 Å².